The molecule has 0 aliphatic rings. The van der Waals surface area contributed by atoms with E-state index in [1.54, 1.807) is 0 Å². The second-order valence-corrected chi connectivity index (χ2v) is 4.68. The van der Waals surface area contributed by atoms with E-state index in [2.05, 4.69) is 51.1 Å². The molecule has 0 saturated carbocycles. The second kappa shape index (κ2) is 5.92. The average Bonchev–Trinajstić information content (AvgIpc) is 2.26. The molecule has 84 valence electrons. The van der Waals surface area contributed by atoms with Crippen molar-refractivity contribution in [1.82, 2.24) is 0 Å². The van der Waals surface area contributed by atoms with Crippen molar-refractivity contribution >= 4 is 0 Å². The van der Waals surface area contributed by atoms with Gasteiger partial charge in [0.05, 0.1) is 0 Å². The minimum atomic E-state index is 0.315. The maximum atomic E-state index is 6.22. The normalized spacial score (nSPS) is 15.3. The van der Waals surface area contributed by atoms with Crippen LogP contribution in [0.2, 0.25) is 0 Å². The largest absolute Gasteiger partial charge is 0.327 e. The summed E-state index contributed by atoms with van der Waals surface area (Å²) < 4.78 is 0. The van der Waals surface area contributed by atoms with Crippen LogP contribution in [-0.2, 0) is 6.42 Å². The Labute approximate surface area is 93.7 Å². The number of rotatable bonds is 5. The maximum Gasteiger partial charge on any atom is 0.00934 e. The molecule has 0 bridgehead atoms. The summed E-state index contributed by atoms with van der Waals surface area (Å²) in [4.78, 5) is 0. The quantitative estimate of drug-likeness (QED) is 0.784. The number of hydrogen-bond acceptors (Lipinski definition) is 1. The predicted octanol–water partition coefficient (Wildman–Crippen LogP) is 3.24. The molecule has 0 spiro atoms. The molecule has 0 heterocycles. The minimum Gasteiger partial charge on any atom is -0.327 e. The van der Waals surface area contributed by atoms with Gasteiger partial charge in [-0.25, -0.2) is 0 Å². The van der Waals surface area contributed by atoms with Crippen LogP contribution >= 0.6 is 0 Å². The zero-order valence-corrected chi connectivity index (χ0v) is 10.1. The Kier molecular flexibility index (Phi) is 4.83. The second-order valence-electron chi connectivity index (χ2n) is 4.68. The minimum absolute atomic E-state index is 0.315. The van der Waals surface area contributed by atoms with Gasteiger partial charge in [-0.3, -0.25) is 0 Å². The standard InChI is InChI=1S/C14H23N/c1-4-13(14(15)11(2)3)10-12-8-6-5-7-9-12/h5-9,11,13-14H,4,10,15H2,1-3H3. The number of nitrogens with two attached hydrogens (primary N) is 1. The molecule has 1 aromatic carbocycles. The topological polar surface area (TPSA) is 26.0 Å². The van der Waals surface area contributed by atoms with Gasteiger partial charge in [-0.2, -0.15) is 0 Å². The summed E-state index contributed by atoms with van der Waals surface area (Å²) in [5, 5.41) is 0. The van der Waals surface area contributed by atoms with Crippen LogP contribution in [0.3, 0.4) is 0 Å². The van der Waals surface area contributed by atoms with E-state index in [-0.39, 0.29) is 0 Å². The Morgan fingerprint density at radius 2 is 1.73 bits per heavy atom. The Morgan fingerprint density at radius 1 is 1.13 bits per heavy atom. The molecule has 0 aliphatic carbocycles. The molecule has 2 atom stereocenters. The van der Waals surface area contributed by atoms with Crippen molar-refractivity contribution in [2.24, 2.45) is 17.6 Å². The van der Waals surface area contributed by atoms with Gasteiger partial charge >= 0.3 is 0 Å². The Balaban J connectivity index is 2.62. The van der Waals surface area contributed by atoms with E-state index in [4.69, 9.17) is 5.73 Å². The number of hydrogen-bond donors (Lipinski definition) is 1. The zero-order valence-electron chi connectivity index (χ0n) is 10.1. The summed E-state index contributed by atoms with van der Waals surface area (Å²) in [6.45, 7) is 6.65. The maximum absolute atomic E-state index is 6.22. The van der Waals surface area contributed by atoms with E-state index < -0.39 is 0 Å². The molecule has 0 fully saturated rings. The van der Waals surface area contributed by atoms with Crippen molar-refractivity contribution in [3.05, 3.63) is 35.9 Å². The van der Waals surface area contributed by atoms with Crippen molar-refractivity contribution in [3.8, 4) is 0 Å². The lowest BCUT2D eigenvalue weighted by Gasteiger charge is -2.25. The average molecular weight is 205 g/mol. The molecule has 1 nitrogen and oxygen atoms in total. The summed E-state index contributed by atoms with van der Waals surface area (Å²) in [6, 6.07) is 11.0. The summed E-state index contributed by atoms with van der Waals surface area (Å²) in [5.74, 6) is 1.17. The van der Waals surface area contributed by atoms with Crippen LogP contribution < -0.4 is 5.73 Å². The van der Waals surface area contributed by atoms with Crippen LogP contribution in [0.15, 0.2) is 30.3 Å². The first-order valence-corrected chi connectivity index (χ1v) is 5.94. The monoisotopic (exact) mass is 205 g/mol. The fraction of sp³-hybridized carbons (Fsp3) is 0.571. The number of benzene rings is 1. The molecule has 2 unspecified atom stereocenters. The van der Waals surface area contributed by atoms with Crippen molar-refractivity contribution < 1.29 is 0 Å². The fourth-order valence-electron chi connectivity index (χ4n) is 2.01. The van der Waals surface area contributed by atoms with Gasteiger partial charge < -0.3 is 5.73 Å². The Bertz CT molecular complexity index is 266. The third-order valence-electron chi connectivity index (χ3n) is 3.18. The van der Waals surface area contributed by atoms with Crippen molar-refractivity contribution in [3.63, 3.8) is 0 Å². The summed E-state index contributed by atoms with van der Waals surface area (Å²) in [5.41, 5.74) is 7.62. The highest BCUT2D eigenvalue weighted by atomic mass is 14.7. The highest BCUT2D eigenvalue weighted by molar-refractivity contribution is 5.15. The molecular formula is C14H23N. The Hall–Kier alpha value is -0.820. The van der Waals surface area contributed by atoms with Crippen molar-refractivity contribution in [2.75, 3.05) is 0 Å². The molecule has 1 rings (SSSR count). The first-order valence-electron chi connectivity index (χ1n) is 5.94. The molecular weight excluding hydrogens is 182 g/mol. The van der Waals surface area contributed by atoms with Crippen LogP contribution in [0.5, 0.6) is 0 Å². The van der Waals surface area contributed by atoms with Crippen molar-refractivity contribution in [1.29, 1.82) is 0 Å². The Morgan fingerprint density at radius 3 is 2.20 bits per heavy atom. The fourth-order valence-corrected chi connectivity index (χ4v) is 2.01. The predicted molar refractivity (Wildman–Crippen MR) is 66.7 cm³/mol. The molecule has 1 heteroatoms. The highest BCUT2D eigenvalue weighted by Crippen LogP contribution is 2.19. The lowest BCUT2D eigenvalue weighted by Crippen LogP contribution is -2.35. The summed E-state index contributed by atoms with van der Waals surface area (Å²) in [6.07, 6.45) is 2.27. The van der Waals surface area contributed by atoms with Gasteiger partial charge in [0.15, 0.2) is 0 Å². The van der Waals surface area contributed by atoms with E-state index in [0.29, 0.717) is 17.9 Å². The molecule has 0 saturated heterocycles. The first kappa shape index (κ1) is 12.3. The van der Waals surface area contributed by atoms with Crippen LogP contribution in [0, 0.1) is 11.8 Å². The summed E-state index contributed by atoms with van der Waals surface area (Å²) >= 11 is 0. The molecule has 0 aromatic heterocycles. The SMILES string of the molecule is CCC(Cc1ccccc1)C(N)C(C)C. The smallest absolute Gasteiger partial charge is 0.00934 e. The van der Waals surface area contributed by atoms with Gasteiger partial charge in [0.2, 0.25) is 0 Å². The van der Waals surface area contributed by atoms with E-state index in [1.807, 2.05) is 0 Å². The van der Waals surface area contributed by atoms with Crippen LogP contribution in [-0.4, -0.2) is 6.04 Å². The van der Waals surface area contributed by atoms with E-state index in [0.717, 1.165) is 12.8 Å². The van der Waals surface area contributed by atoms with E-state index in [9.17, 15) is 0 Å². The van der Waals surface area contributed by atoms with Crippen LogP contribution in [0.25, 0.3) is 0 Å². The lowest BCUT2D eigenvalue weighted by molar-refractivity contribution is 0.330. The van der Waals surface area contributed by atoms with Gasteiger partial charge in [0.25, 0.3) is 0 Å². The van der Waals surface area contributed by atoms with Crippen LogP contribution in [0.4, 0.5) is 0 Å². The van der Waals surface area contributed by atoms with Crippen LogP contribution in [0.1, 0.15) is 32.8 Å². The van der Waals surface area contributed by atoms with Gasteiger partial charge in [-0.05, 0) is 23.8 Å². The van der Waals surface area contributed by atoms with E-state index in [1.165, 1.54) is 5.56 Å². The molecule has 15 heavy (non-hydrogen) atoms. The molecule has 2 N–H and O–H groups in total. The third kappa shape index (κ3) is 3.67. The highest BCUT2D eigenvalue weighted by Gasteiger charge is 2.19. The van der Waals surface area contributed by atoms with Gasteiger partial charge in [-0.1, -0.05) is 57.5 Å². The molecule has 0 amide bonds. The molecule has 0 aliphatic heterocycles. The van der Waals surface area contributed by atoms with E-state index >= 15 is 0 Å². The molecule has 0 radical (unpaired) electrons. The third-order valence-corrected chi connectivity index (χ3v) is 3.18. The summed E-state index contributed by atoms with van der Waals surface area (Å²) in [7, 11) is 0. The van der Waals surface area contributed by atoms with Gasteiger partial charge in [-0.15, -0.1) is 0 Å². The zero-order chi connectivity index (χ0) is 11.3. The van der Waals surface area contributed by atoms with Gasteiger partial charge in [0.1, 0.15) is 0 Å². The first-order chi connectivity index (χ1) is 7.15. The van der Waals surface area contributed by atoms with Crippen molar-refractivity contribution in [2.45, 2.75) is 39.7 Å². The molecule has 1 aromatic rings. The van der Waals surface area contributed by atoms with Gasteiger partial charge in [0, 0.05) is 6.04 Å². The lowest BCUT2D eigenvalue weighted by atomic mass is 9.85.